The van der Waals surface area contributed by atoms with E-state index in [2.05, 4.69) is 5.32 Å². The molecule has 1 aromatic carbocycles. The fourth-order valence-electron chi connectivity index (χ4n) is 2.73. The van der Waals surface area contributed by atoms with Crippen molar-refractivity contribution in [2.24, 2.45) is 0 Å². The molecule has 2 rings (SSSR count). The standard InChI is InChI=1S/C18H22N2O3/c1-20(2)8-7-19-11-16-17(22)9-14(10-18(16)23)15-6-4-3-5-13(15)12-21/h3-6,11-12,14,19H,7-10H2,1-2H3. The lowest BCUT2D eigenvalue weighted by molar-refractivity contribution is -0.124. The fourth-order valence-corrected chi connectivity index (χ4v) is 2.73. The molecule has 122 valence electrons. The largest absolute Gasteiger partial charge is 0.389 e. The van der Waals surface area contributed by atoms with Crippen LogP contribution in [0.4, 0.5) is 0 Å². The summed E-state index contributed by atoms with van der Waals surface area (Å²) in [6.07, 6.45) is 2.84. The molecule has 1 aliphatic carbocycles. The molecule has 1 N–H and O–H groups in total. The minimum Gasteiger partial charge on any atom is -0.389 e. The van der Waals surface area contributed by atoms with Crippen molar-refractivity contribution in [3.63, 3.8) is 0 Å². The lowest BCUT2D eigenvalue weighted by atomic mass is 9.79. The molecule has 0 aromatic heterocycles. The number of hydrogen-bond acceptors (Lipinski definition) is 5. The van der Waals surface area contributed by atoms with Crippen LogP contribution in [0.5, 0.6) is 0 Å². The molecule has 0 amide bonds. The first-order valence-corrected chi connectivity index (χ1v) is 7.71. The monoisotopic (exact) mass is 314 g/mol. The van der Waals surface area contributed by atoms with Gasteiger partial charge in [-0.3, -0.25) is 14.4 Å². The average molecular weight is 314 g/mol. The number of nitrogens with zero attached hydrogens (tertiary/aromatic N) is 1. The first-order valence-electron chi connectivity index (χ1n) is 7.71. The molecule has 0 saturated heterocycles. The number of allylic oxidation sites excluding steroid dienone is 1. The highest BCUT2D eigenvalue weighted by Crippen LogP contribution is 2.32. The van der Waals surface area contributed by atoms with E-state index in [0.29, 0.717) is 12.1 Å². The Hall–Kier alpha value is -2.27. The normalized spacial score (nSPS) is 18.2. The smallest absolute Gasteiger partial charge is 0.168 e. The SMILES string of the molecule is CN(C)CCNC=C1C(=O)CC(c2ccccc2C=O)CC1=O. The lowest BCUT2D eigenvalue weighted by Gasteiger charge is -2.23. The van der Waals surface area contributed by atoms with Gasteiger partial charge in [0.1, 0.15) is 6.29 Å². The Morgan fingerprint density at radius 3 is 2.43 bits per heavy atom. The van der Waals surface area contributed by atoms with E-state index in [0.717, 1.165) is 18.4 Å². The summed E-state index contributed by atoms with van der Waals surface area (Å²) in [5, 5.41) is 3.02. The van der Waals surface area contributed by atoms with E-state index in [1.165, 1.54) is 6.20 Å². The van der Waals surface area contributed by atoms with Crippen molar-refractivity contribution in [3.8, 4) is 0 Å². The molecule has 1 fully saturated rings. The third kappa shape index (κ3) is 4.36. The summed E-state index contributed by atoms with van der Waals surface area (Å²) in [6.45, 7) is 1.50. The maximum Gasteiger partial charge on any atom is 0.168 e. The van der Waals surface area contributed by atoms with Gasteiger partial charge in [0.25, 0.3) is 0 Å². The van der Waals surface area contributed by atoms with Gasteiger partial charge < -0.3 is 10.2 Å². The Morgan fingerprint density at radius 2 is 1.83 bits per heavy atom. The molecule has 0 aliphatic heterocycles. The van der Waals surface area contributed by atoms with Crippen molar-refractivity contribution >= 4 is 17.9 Å². The Labute approximate surface area is 136 Å². The zero-order valence-electron chi connectivity index (χ0n) is 13.5. The highest BCUT2D eigenvalue weighted by molar-refractivity contribution is 6.22. The maximum absolute atomic E-state index is 12.3. The number of likely N-dealkylation sites (N-methyl/N-ethyl adjacent to an activating group) is 1. The summed E-state index contributed by atoms with van der Waals surface area (Å²) in [6, 6.07) is 7.13. The summed E-state index contributed by atoms with van der Waals surface area (Å²) in [5.41, 5.74) is 1.57. The van der Waals surface area contributed by atoms with Crippen molar-refractivity contribution in [3.05, 3.63) is 47.2 Å². The zero-order valence-corrected chi connectivity index (χ0v) is 13.5. The number of carbonyl (C=O) groups excluding carboxylic acids is 3. The quantitative estimate of drug-likeness (QED) is 0.373. The zero-order chi connectivity index (χ0) is 16.8. The summed E-state index contributed by atoms with van der Waals surface area (Å²) in [7, 11) is 3.92. The highest BCUT2D eigenvalue weighted by atomic mass is 16.2. The number of hydrogen-bond donors (Lipinski definition) is 1. The lowest BCUT2D eigenvalue weighted by Crippen LogP contribution is -2.29. The molecule has 5 nitrogen and oxygen atoms in total. The topological polar surface area (TPSA) is 66.5 Å². The molecule has 0 bridgehead atoms. The minimum atomic E-state index is -0.213. The van der Waals surface area contributed by atoms with Crippen molar-refractivity contribution in [1.29, 1.82) is 0 Å². The van der Waals surface area contributed by atoms with Gasteiger partial charge in [-0.25, -0.2) is 0 Å². The number of benzene rings is 1. The number of rotatable bonds is 6. The summed E-state index contributed by atoms with van der Waals surface area (Å²) in [5.74, 6) is -0.538. The third-order valence-electron chi connectivity index (χ3n) is 3.98. The summed E-state index contributed by atoms with van der Waals surface area (Å²) in [4.78, 5) is 37.7. The summed E-state index contributed by atoms with van der Waals surface area (Å²) < 4.78 is 0. The molecule has 0 heterocycles. The number of carbonyl (C=O) groups is 3. The number of nitrogens with one attached hydrogen (secondary N) is 1. The van der Waals surface area contributed by atoms with Crippen molar-refractivity contribution in [1.82, 2.24) is 10.2 Å². The minimum absolute atomic E-state index is 0.163. The highest BCUT2D eigenvalue weighted by Gasteiger charge is 2.32. The van der Waals surface area contributed by atoms with Crippen LogP contribution in [0, 0.1) is 0 Å². The first-order chi connectivity index (χ1) is 11.0. The van der Waals surface area contributed by atoms with Crippen molar-refractivity contribution < 1.29 is 14.4 Å². The van der Waals surface area contributed by atoms with E-state index in [9.17, 15) is 14.4 Å². The maximum atomic E-state index is 12.3. The molecule has 0 radical (unpaired) electrons. The van der Waals surface area contributed by atoms with E-state index >= 15 is 0 Å². The van der Waals surface area contributed by atoms with Gasteiger partial charge >= 0.3 is 0 Å². The second kappa shape index (κ2) is 7.83. The predicted octanol–water partition coefficient (Wildman–Crippen LogP) is 1.55. The number of Topliss-reactive ketones (excluding diaryl/α,β-unsaturated/α-hetero) is 2. The molecule has 0 unspecified atom stereocenters. The van der Waals surface area contributed by atoms with Gasteiger partial charge in [0.2, 0.25) is 0 Å². The molecular weight excluding hydrogens is 292 g/mol. The molecule has 0 atom stereocenters. The Morgan fingerprint density at radius 1 is 1.17 bits per heavy atom. The van der Waals surface area contributed by atoms with Crippen LogP contribution in [0.25, 0.3) is 0 Å². The number of aldehydes is 1. The van der Waals surface area contributed by atoms with Crippen LogP contribution >= 0.6 is 0 Å². The van der Waals surface area contributed by atoms with Crippen LogP contribution in [-0.4, -0.2) is 49.9 Å². The van der Waals surface area contributed by atoms with Gasteiger partial charge in [-0.1, -0.05) is 24.3 Å². The van der Waals surface area contributed by atoms with E-state index < -0.39 is 0 Å². The van der Waals surface area contributed by atoms with Gasteiger partial charge in [-0.05, 0) is 25.6 Å². The Balaban J connectivity index is 2.07. The van der Waals surface area contributed by atoms with Gasteiger partial charge in [-0.2, -0.15) is 0 Å². The van der Waals surface area contributed by atoms with Crippen LogP contribution < -0.4 is 5.32 Å². The molecule has 1 saturated carbocycles. The van der Waals surface area contributed by atoms with Crippen LogP contribution in [0.15, 0.2) is 36.0 Å². The molecule has 1 aliphatic rings. The molecular formula is C18H22N2O3. The molecule has 1 aromatic rings. The molecule has 0 spiro atoms. The number of ketones is 2. The molecule has 23 heavy (non-hydrogen) atoms. The van der Waals surface area contributed by atoms with E-state index in [-0.39, 0.29) is 35.9 Å². The molecule has 5 heteroatoms. The first kappa shape index (κ1) is 17.1. The van der Waals surface area contributed by atoms with E-state index in [1.807, 2.05) is 31.1 Å². The second-order valence-electron chi connectivity index (χ2n) is 6.01. The average Bonchev–Trinajstić information content (AvgIpc) is 2.53. The summed E-state index contributed by atoms with van der Waals surface area (Å²) >= 11 is 0. The van der Waals surface area contributed by atoms with Gasteiger partial charge in [0, 0.05) is 37.7 Å². The fraction of sp³-hybridized carbons (Fsp3) is 0.389. The van der Waals surface area contributed by atoms with E-state index in [1.54, 1.807) is 12.1 Å². The van der Waals surface area contributed by atoms with Crippen LogP contribution in [-0.2, 0) is 9.59 Å². The van der Waals surface area contributed by atoms with Gasteiger partial charge in [0.05, 0.1) is 5.57 Å². The van der Waals surface area contributed by atoms with E-state index in [4.69, 9.17) is 0 Å². The van der Waals surface area contributed by atoms with Gasteiger partial charge in [-0.15, -0.1) is 0 Å². The second-order valence-corrected chi connectivity index (χ2v) is 6.01. The predicted molar refractivity (Wildman–Crippen MR) is 88.5 cm³/mol. The van der Waals surface area contributed by atoms with Crippen LogP contribution in [0.1, 0.15) is 34.7 Å². The van der Waals surface area contributed by atoms with Crippen molar-refractivity contribution in [2.45, 2.75) is 18.8 Å². The van der Waals surface area contributed by atoms with Crippen molar-refractivity contribution in [2.75, 3.05) is 27.2 Å². The Bertz CT molecular complexity index is 615. The van der Waals surface area contributed by atoms with Crippen LogP contribution in [0.2, 0.25) is 0 Å². The van der Waals surface area contributed by atoms with Gasteiger partial charge in [0.15, 0.2) is 11.6 Å². The third-order valence-corrected chi connectivity index (χ3v) is 3.98. The Kier molecular flexibility index (Phi) is 5.82. The van der Waals surface area contributed by atoms with Crippen LogP contribution in [0.3, 0.4) is 0 Å².